The van der Waals surface area contributed by atoms with Crippen molar-refractivity contribution in [1.29, 1.82) is 0 Å². The molecule has 0 saturated heterocycles. The van der Waals surface area contributed by atoms with Crippen LogP contribution >= 0.6 is 0 Å². The molecule has 0 amide bonds. The summed E-state index contributed by atoms with van der Waals surface area (Å²) in [7, 11) is 0. The first-order chi connectivity index (χ1) is 15.4. The second kappa shape index (κ2) is 9.39. The van der Waals surface area contributed by atoms with Crippen LogP contribution in [0.3, 0.4) is 0 Å². The summed E-state index contributed by atoms with van der Waals surface area (Å²) < 4.78 is 5.40. The van der Waals surface area contributed by atoms with Gasteiger partial charge in [-0.2, -0.15) is 0 Å². The maximum atomic E-state index is 12.5. The number of carbonyl (C=O) groups excluding carboxylic acids is 1. The molecular formula is C26H34N4O2. The van der Waals surface area contributed by atoms with E-state index in [-0.39, 0.29) is 17.6 Å². The molecule has 4 bridgehead atoms. The fourth-order valence-electron chi connectivity index (χ4n) is 6.11. The van der Waals surface area contributed by atoms with Gasteiger partial charge in [0.15, 0.2) is 0 Å². The zero-order valence-electron chi connectivity index (χ0n) is 19.4. The predicted molar refractivity (Wildman–Crippen MR) is 131 cm³/mol. The number of anilines is 1. The second-order valence-electron chi connectivity index (χ2n) is 10.1. The maximum absolute atomic E-state index is 12.5. The summed E-state index contributed by atoms with van der Waals surface area (Å²) in [4.78, 5) is 24.9. The summed E-state index contributed by atoms with van der Waals surface area (Å²) in [5.74, 6) is 2.22. The summed E-state index contributed by atoms with van der Waals surface area (Å²) in [5, 5.41) is 3.90. The number of carbonyl (C=O) groups is 1. The maximum Gasteiger partial charge on any atom is 0.338 e. The van der Waals surface area contributed by atoms with Crippen LogP contribution in [0.4, 0.5) is 11.4 Å². The van der Waals surface area contributed by atoms with Crippen molar-refractivity contribution in [3.63, 3.8) is 0 Å². The average Bonchev–Trinajstić information content (AvgIpc) is 2.71. The van der Waals surface area contributed by atoms with E-state index in [1.54, 1.807) is 12.4 Å². The molecule has 0 spiro atoms. The standard InChI is InChI=1S/C26H34N4O2/c1-17(2)32-25(31)22-5-6-23(24(10-22)29-15-18(3)14-28-16-27-4)30-26-11-19-7-20(12-26)9-21(8-19)13-26/h5-6,10,14-17,19-21,30H,4,7-9,11-13H2,1-3H3/b18-14+,28-16-,29-15-. The fraction of sp³-hybridized carbons (Fsp3) is 0.538. The number of nitrogens with one attached hydrogen (secondary N) is 1. The summed E-state index contributed by atoms with van der Waals surface area (Å²) in [5.41, 5.74) is 3.27. The van der Waals surface area contributed by atoms with Crippen LogP contribution in [-0.2, 0) is 4.74 Å². The van der Waals surface area contributed by atoms with Crippen molar-refractivity contribution < 1.29 is 9.53 Å². The lowest BCUT2D eigenvalue weighted by Gasteiger charge is -2.57. The van der Waals surface area contributed by atoms with Gasteiger partial charge in [-0.1, -0.05) is 0 Å². The lowest BCUT2D eigenvalue weighted by molar-refractivity contribution is 0.0107. The van der Waals surface area contributed by atoms with Crippen LogP contribution in [0.5, 0.6) is 0 Å². The molecule has 0 unspecified atom stereocenters. The topological polar surface area (TPSA) is 75.4 Å². The Morgan fingerprint density at radius 2 is 1.84 bits per heavy atom. The van der Waals surface area contributed by atoms with E-state index in [0.29, 0.717) is 5.56 Å². The Labute approximate surface area is 191 Å². The van der Waals surface area contributed by atoms with E-state index in [4.69, 9.17) is 9.73 Å². The fourth-order valence-corrected chi connectivity index (χ4v) is 6.11. The Morgan fingerprint density at radius 1 is 1.19 bits per heavy atom. The van der Waals surface area contributed by atoms with Gasteiger partial charge in [-0.05, 0) is 108 Å². The molecule has 0 radical (unpaired) electrons. The second-order valence-corrected chi connectivity index (χ2v) is 10.1. The zero-order chi connectivity index (χ0) is 22.7. The minimum absolute atomic E-state index is 0.157. The van der Waals surface area contributed by atoms with Gasteiger partial charge in [0.2, 0.25) is 0 Å². The van der Waals surface area contributed by atoms with Crippen LogP contribution in [0, 0.1) is 17.8 Å². The molecule has 4 aliphatic carbocycles. The highest BCUT2D eigenvalue weighted by atomic mass is 16.5. The smallest absolute Gasteiger partial charge is 0.338 e. The molecule has 32 heavy (non-hydrogen) atoms. The van der Waals surface area contributed by atoms with Crippen molar-refractivity contribution in [2.75, 3.05) is 5.32 Å². The van der Waals surface area contributed by atoms with Crippen LogP contribution in [0.1, 0.15) is 69.7 Å². The van der Waals surface area contributed by atoms with E-state index >= 15 is 0 Å². The number of hydrogen-bond donors (Lipinski definition) is 1. The van der Waals surface area contributed by atoms with Crippen molar-refractivity contribution in [3.8, 4) is 0 Å². The number of rotatable bonds is 8. The van der Waals surface area contributed by atoms with Crippen molar-refractivity contribution in [3.05, 3.63) is 35.5 Å². The van der Waals surface area contributed by atoms with Crippen molar-refractivity contribution in [2.45, 2.75) is 70.9 Å². The summed E-state index contributed by atoms with van der Waals surface area (Å²) in [6, 6.07) is 5.65. The quantitative estimate of drug-likeness (QED) is 0.311. The van der Waals surface area contributed by atoms with Gasteiger partial charge >= 0.3 is 5.97 Å². The molecule has 1 aromatic rings. The number of nitrogens with zero attached hydrogens (tertiary/aromatic N) is 3. The molecule has 0 aromatic heterocycles. The highest BCUT2D eigenvalue weighted by Crippen LogP contribution is 2.57. The van der Waals surface area contributed by atoms with Gasteiger partial charge in [0, 0.05) is 18.0 Å². The number of esters is 1. The van der Waals surface area contributed by atoms with Crippen LogP contribution in [0.2, 0.25) is 0 Å². The minimum Gasteiger partial charge on any atom is -0.459 e. The first-order valence-corrected chi connectivity index (χ1v) is 11.7. The van der Waals surface area contributed by atoms with E-state index in [2.05, 4.69) is 22.0 Å². The molecule has 1 N–H and O–H groups in total. The van der Waals surface area contributed by atoms with Gasteiger partial charge in [0.25, 0.3) is 0 Å². The largest absolute Gasteiger partial charge is 0.459 e. The Morgan fingerprint density at radius 3 is 2.44 bits per heavy atom. The average molecular weight is 435 g/mol. The van der Waals surface area contributed by atoms with E-state index in [1.807, 2.05) is 39.0 Å². The molecule has 4 aliphatic rings. The number of ether oxygens (including phenoxy) is 1. The molecule has 6 heteroatoms. The van der Waals surface area contributed by atoms with Crippen LogP contribution in [0.15, 0.2) is 44.9 Å². The summed E-state index contributed by atoms with van der Waals surface area (Å²) in [6.45, 7) is 9.01. The molecular weight excluding hydrogens is 400 g/mol. The molecule has 4 saturated carbocycles. The third kappa shape index (κ3) is 5.17. The Balaban J connectivity index is 1.62. The summed E-state index contributed by atoms with van der Waals surface area (Å²) >= 11 is 0. The Kier molecular flexibility index (Phi) is 6.58. The van der Waals surface area contributed by atoms with Crippen molar-refractivity contribution >= 4 is 36.6 Å². The van der Waals surface area contributed by atoms with E-state index in [9.17, 15) is 4.79 Å². The first-order valence-electron chi connectivity index (χ1n) is 11.7. The molecule has 5 rings (SSSR count). The molecule has 0 heterocycles. The monoisotopic (exact) mass is 434 g/mol. The number of allylic oxidation sites excluding steroid dienone is 1. The first kappa shape index (κ1) is 22.4. The van der Waals surface area contributed by atoms with Gasteiger partial charge in [-0.15, -0.1) is 0 Å². The van der Waals surface area contributed by atoms with E-state index in [0.717, 1.165) is 34.7 Å². The van der Waals surface area contributed by atoms with Gasteiger partial charge in [0.1, 0.15) is 6.34 Å². The molecule has 6 nitrogen and oxygen atoms in total. The van der Waals surface area contributed by atoms with E-state index < -0.39 is 0 Å². The number of hydrogen-bond acceptors (Lipinski definition) is 5. The van der Waals surface area contributed by atoms with Gasteiger partial charge in [0.05, 0.1) is 23.0 Å². The lowest BCUT2D eigenvalue weighted by atomic mass is 9.53. The van der Waals surface area contributed by atoms with E-state index in [1.165, 1.54) is 44.9 Å². The normalized spacial score (nSPS) is 29.2. The Hall–Kier alpha value is -2.76. The van der Waals surface area contributed by atoms with Crippen molar-refractivity contribution in [1.82, 2.24) is 0 Å². The van der Waals surface area contributed by atoms with Gasteiger partial charge < -0.3 is 10.1 Å². The zero-order valence-corrected chi connectivity index (χ0v) is 19.4. The number of benzene rings is 1. The lowest BCUT2D eigenvalue weighted by Crippen LogP contribution is -2.54. The third-order valence-electron chi connectivity index (χ3n) is 6.85. The van der Waals surface area contributed by atoms with Crippen LogP contribution < -0.4 is 5.32 Å². The SMILES string of the molecule is C=N\C=N/C=C(C)/C=N\c1cc(C(=O)OC(C)C)ccc1NC12CC3CC(CC(C3)C1)C2. The highest BCUT2D eigenvalue weighted by Gasteiger charge is 2.51. The third-order valence-corrected chi connectivity index (χ3v) is 6.85. The molecule has 0 aliphatic heterocycles. The van der Waals surface area contributed by atoms with Gasteiger partial charge in [-0.3, -0.25) is 9.98 Å². The number of aliphatic imine (C=N–C) groups is 3. The minimum atomic E-state index is -0.327. The van der Waals surface area contributed by atoms with Crippen LogP contribution in [-0.4, -0.2) is 36.9 Å². The molecule has 1 aromatic carbocycles. The molecule has 0 atom stereocenters. The summed E-state index contributed by atoms with van der Waals surface area (Å²) in [6.07, 6.45) is 12.6. The molecule has 170 valence electrons. The highest BCUT2D eigenvalue weighted by molar-refractivity contribution is 5.93. The Bertz CT molecular complexity index is 925. The van der Waals surface area contributed by atoms with Crippen molar-refractivity contribution in [2.24, 2.45) is 32.7 Å². The van der Waals surface area contributed by atoms with Crippen LogP contribution in [0.25, 0.3) is 0 Å². The molecule has 4 fully saturated rings. The van der Waals surface area contributed by atoms with Gasteiger partial charge in [-0.25, -0.2) is 9.79 Å². The predicted octanol–water partition coefficient (Wildman–Crippen LogP) is 5.97.